The van der Waals surface area contributed by atoms with Crippen molar-refractivity contribution in [2.75, 3.05) is 0 Å². The lowest BCUT2D eigenvalue weighted by Gasteiger charge is -2.11. The highest BCUT2D eigenvalue weighted by molar-refractivity contribution is 6.42. The quantitative estimate of drug-likeness (QED) is 0.579. The van der Waals surface area contributed by atoms with Crippen molar-refractivity contribution < 1.29 is 13.2 Å². The molecule has 0 atom stereocenters. The van der Waals surface area contributed by atoms with Crippen molar-refractivity contribution in [2.24, 2.45) is 0 Å². The number of alkyl halides is 3. The van der Waals surface area contributed by atoms with Crippen LogP contribution in [-0.2, 0) is 6.18 Å². The van der Waals surface area contributed by atoms with E-state index in [1.165, 1.54) is 18.2 Å². The lowest BCUT2D eigenvalue weighted by atomic mass is 10.1. The smallest absolute Gasteiger partial charge is 0.227 e. The summed E-state index contributed by atoms with van der Waals surface area (Å²) in [6.07, 6.45) is -3.50. The Morgan fingerprint density at radius 1 is 0.955 bits per heavy atom. The molecular weight excluding hydrogens is 362 g/mol. The minimum atomic E-state index is -4.61. The van der Waals surface area contributed by atoms with E-state index in [0.29, 0.717) is 15.1 Å². The van der Waals surface area contributed by atoms with E-state index >= 15 is 0 Å². The van der Waals surface area contributed by atoms with Crippen LogP contribution < -0.4 is 0 Å². The monoisotopic (exact) mass is 365 g/mol. The second kappa shape index (κ2) is 5.30. The third-order valence-corrected chi connectivity index (χ3v) is 3.94. The first-order valence-corrected chi connectivity index (χ1v) is 6.97. The van der Waals surface area contributed by atoms with E-state index in [4.69, 9.17) is 34.8 Å². The molecule has 3 nitrogen and oxygen atoms in total. The van der Waals surface area contributed by atoms with Gasteiger partial charge in [-0.25, -0.2) is 9.50 Å². The van der Waals surface area contributed by atoms with Crippen LogP contribution in [-0.4, -0.2) is 14.6 Å². The van der Waals surface area contributed by atoms with E-state index < -0.39 is 11.9 Å². The molecule has 0 radical (unpaired) electrons. The molecule has 0 amide bonds. The van der Waals surface area contributed by atoms with Crippen LogP contribution in [0, 0.1) is 0 Å². The Bertz CT molecular complexity index is 874. The Balaban J connectivity index is 2.30. The van der Waals surface area contributed by atoms with Gasteiger partial charge in [0.05, 0.1) is 21.9 Å². The Morgan fingerprint density at radius 3 is 2.32 bits per heavy atom. The molecule has 9 heteroatoms. The number of halogens is 6. The highest BCUT2D eigenvalue weighted by Gasteiger charge is 2.35. The zero-order valence-electron chi connectivity index (χ0n) is 10.5. The van der Waals surface area contributed by atoms with Crippen molar-refractivity contribution in [1.29, 1.82) is 0 Å². The standard InChI is InChI=1S/C13H5Cl3F3N3/c14-7-2-1-6(3-8(7)15)10-4-11(13(17,18)19)22-12(21-10)9(16)5-20-22/h1-5H. The normalized spacial score (nSPS) is 12.1. The predicted octanol–water partition coefficient (Wildman–Crippen LogP) is 5.38. The van der Waals surface area contributed by atoms with Gasteiger partial charge in [-0.05, 0) is 18.2 Å². The molecular formula is C13H5Cl3F3N3. The van der Waals surface area contributed by atoms with Gasteiger partial charge in [-0.2, -0.15) is 18.3 Å². The summed E-state index contributed by atoms with van der Waals surface area (Å²) in [6, 6.07) is 5.33. The van der Waals surface area contributed by atoms with E-state index in [0.717, 1.165) is 12.3 Å². The van der Waals surface area contributed by atoms with Crippen molar-refractivity contribution >= 4 is 40.4 Å². The molecule has 22 heavy (non-hydrogen) atoms. The van der Waals surface area contributed by atoms with Gasteiger partial charge in [-0.3, -0.25) is 0 Å². The van der Waals surface area contributed by atoms with Crippen LogP contribution in [0.4, 0.5) is 13.2 Å². The summed E-state index contributed by atoms with van der Waals surface area (Å²) in [7, 11) is 0. The van der Waals surface area contributed by atoms with Crippen LogP contribution in [0.25, 0.3) is 16.9 Å². The van der Waals surface area contributed by atoms with Crippen LogP contribution in [0.3, 0.4) is 0 Å². The fourth-order valence-corrected chi connectivity index (χ4v) is 2.41. The zero-order valence-corrected chi connectivity index (χ0v) is 12.8. The average molecular weight is 367 g/mol. The van der Waals surface area contributed by atoms with Crippen LogP contribution in [0.1, 0.15) is 5.69 Å². The summed E-state index contributed by atoms with van der Waals surface area (Å²) in [5.74, 6) is 0. The number of fused-ring (bicyclic) bond motifs is 1. The minimum Gasteiger partial charge on any atom is -0.227 e. The first-order chi connectivity index (χ1) is 10.3. The summed E-state index contributed by atoms with van der Waals surface area (Å²) in [5, 5.41) is 4.14. The number of rotatable bonds is 1. The van der Waals surface area contributed by atoms with Gasteiger partial charge in [-0.15, -0.1) is 0 Å². The third-order valence-electron chi connectivity index (χ3n) is 2.93. The summed E-state index contributed by atoms with van der Waals surface area (Å²) in [6.45, 7) is 0. The third kappa shape index (κ3) is 2.62. The topological polar surface area (TPSA) is 30.2 Å². The van der Waals surface area contributed by atoms with Gasteiger partial charge in [0.15, 0.2) is 11.3 Å². The maximum atomic E-state index is 13.2. The highest BCUT2D eigenvalue weighted by atomic mass is 35.5. The van der Waals surface area contributed by atoms with Crippen molar-refractivity contribution in [3.8, 4) is 11.3 Å². The van der Waals surface area contributed by atoms with Gasteiger partial charge in [0.25, 0.3) is 0 Å². The molecule has 0 N–H and O–H groups in total. The first-order valence-electron chi connectivity index (χ1n) is 5.84. The molecule has 0 spiro atoms. The van der Waals surface area contributed by atoms with Crippen LogP contribution in [0.2, 0.25) is 15.1 Å². The van der Waals surface area contributed by atoms with Gasteiger partial charge >= 0.3 is 6.18 Å². The summed E-state index contributed by atoms with van der Waals surface area (Å²) >= 11 is 17.6. The second-order valence-corrected chi connectivity index (χ2v) is 5.60. The zero-order chi connectivity index (χ0) is 16.1. The van der Waals surface area contributed by atoms with Crippen LogP contribution in [0.5, 0.6) is 0 Å². The molecule has 0 aliphatic carbocycles. The Morgan fingerprint density at radius 2 is 1.68 bits per heavy atom. The highest BCUT2D eigenvalue weighted by Crippen LogP contribution is 2.34. The van der Waals surface area contributed by atoms with Crippen molar-refractivity contribution in [3.05, 3.63) is 51.2 Å². The van der Waals surface area contributed by atoms with E-state index in [1.807, 2.05) is 0 Å². The van der Waals surface area contributed by atoms with Gasteiger partial charge in [-0.1, -0.05) is 40.9 Å². The predicted molar refractivity (Wildman–Crippen MR) is 78.5 cm³/mol. The molecule has 0 saturated carbocycles. The lowest BCUT2D eigenvalue weighted by Crippen LogP contribution is -2.13. The first kappa shape index (κ1) is 15.4. The van der Waals surface area contributed by atoms with Crippen molar-refractivity contribution in [3.63, 3.8) is 0 Å². The summed E-state index contributed by atoms with van der Waals surface area (Å²) in [4.78, 5) is 4.12. The molecule has 0 bridgehead atoms. The molecule has 0 unspecified atom stereocenters. The largest absolute Gasteiger partial charge is 0.433 e. The molecule has 0 aliphatic rings. The molecule has 0 fully saturated rings. The van der Waals surface area contributed by atoms with Gasteiger partial charge in [0, 0.05) is 5.56 Å². The summed E-state index contributed by atoms with van der Waals surface area (Å²) in [5.41, 5.74) is -0.608. The van der Waals surface area contributed by atoms with Crippen LogP contribution >= 0.6 is 34.8 Å². The molecule has 114 valence electrons. The fraction of sp³-hybridized carbons (Fsp3) is 0.0769. The van der Waals surface area contributed by atoms with Gasteiger partial charge in [0.2, 0.25) is 0 Å². The number of aromatic nitrogens is 3. The Labute approximate surface area is 137 Å². The number of benzene rings is 1. The van der Waals surface area contributed by atoms with E-state index in [1.54, 1.807) is 0 Å². The molecule has 3 rings (SSSR count). The maximum Gasteiger partial charge on any atom is 0.433 e. The van der Waals surface area contributed by atoms with Gasteiger partial charge in [0.1, 0.15) is 5.02 Å². The molecule has 2 aromatic heterocycles. The Kier molecular flexibility index (Phi) is 3.71. The lowest BCUT2D eigenvalue weighted by molar-refractivity contribution is -0.142. The van der Waals surface area contributed by atoms with E-state index in [9.17, 15) is 13.2 Å². The van der Waals surface area contributed by atoms with Gasteiger partial charge < -0.3 is 0 Å². The van der Waals surface area contributed by atoms with E-state index in [2.05, 4.69) is 10.1 Å². The molecule has 1 aromatic carbocycles. The van der Waals surface area contributed by atoms with E-state index in [-0.39, 0.29) is 21.4 Å². The average Bonchev–Trinajstić information content (AvgIpc) is 2.81. The number of hydrogen-bond donors (Lipinski definition) is 0. The SMILES string of the molecule is FC(F)(F)c1cc(-c2ccc(Cl)c(Cl)c2)nc2c(Cl)cnn12. The van der Waals surface area contributed by atoms with Crippen LogP contribution in [0.15, 0.2) is 30.5 Å². The second-order valence-electron chi connectivity index (χ2n) is 4.38. The van der Waals surface area contributed by atoms with Crippen molar-refractivity contribution in [1.82, 2.24) is 14.6 Å². The summed E-state index contributed by atoms with van der Waals surface area (Å²) < 4.78 is 40.2. The maximum absolute atomic E-state index is 13.2. The molecule has 2 heterocycles. The number of hydrogen-bond acceptors (Lipinski definition) is 2. The molecule has 3 aromatic rings. The fourth-order valence-electron chi connectivity index (χ4n) is 1.94. The molecule has 0 saturated heterocycles. The number of nitrogens with zero attached hydrogens (tertiary/aromatic N) is 3. The minimum absolute atomic E-state index is 0.0208. The molecule has 0 aliphatic heterocycles. The Hall–Kier alpha value is -1.50. The van der Waals surface area contributed by atoms with Crippen molar-refractivity contribution in [2.45, 2.75) is 6.18 Å².